The van der Waals surface area contributed by atoms with Gasteiger partial charge in [0.1, 0.15) is 5.75 Å². The third-order valence-electron chi connectivity index (χ3n) is 4.36. The van der Waals surface area contributed by atoms with E-state index < -0.39 is 11.7 Å². The van der Waals surface area contributed by atoms with E-state index in [1.165, 1.54) is 23.5 Å². The van der Waals surface area contributed by atoms with Crippen molar-refractivity contribution in [2.45, 2.75) is 23.0 Å². The number of hydrogen-bond donors (Lipinski definition) is 1. The summed E-state index contributed by atoms with van der Waals surface area (Å²) in [5.41, 5.74) is 1.13. The zero-order chi connectivity index (χ0) is 23.4. The highest BCUT2D eigenvalue weighted by atomic mass is 32.2. The van der Waals surface area contributed by atoms with E-state index in [1.54, 1.807) is 30.5 Å². The zero-order valence-corrected chi connectivity index (χ0v) is 19.2. The number of ketones is 1. The molecule has 0 aliphatic heterocycles. The minimum Gasteiger partial charge on any atom is -0.539 e. The van der Waals surface area contributed by atoms with Gasteiger partial charge < -0.3 is 20.2 Å². The van der Waals surface area contributed by atoms with Crippen LogP contribution in [0.25, 0.3) is 5.69 Å². The molecule has 0 unspecified atom stereocenters. The number of nitrogen functional groups attached to an aromatic ring is 1. The van der Waals surface area contributed by atoms with Crippen molar-refractivity contribution in [3.8, 4) is 17.4 Å². The normalized spacial score (nSPS) is 11.0. The summed E-state index contributed by atoms with van der Waals surface area (Å²) < 4.78 is 12.3. The predicted octanol–water partition coefficient (Wildman–Crippen LogP) is 0.705. The molecule has 170 valence electrons. The van der Waals surface area contributed by atoms with Crippen molar-refractivity contribution in [2.75, 3.05) is 18.7 Å². The topological polar surface area (TPSA) is 162 Å². The first kappa shape index (κ1) is 22.5. The van der Waals surface area contributed by atoms with Crippen LogP contribution in [0.5, 0.6) is 11.7 Å². The Balaban J connectivity index is 1.43. The second-order valence-electron chi connectivity index (χ2n) is 6.57. The van der Waals surface area contributed by atoms with Crippen LogP contribution in [0.1, 0.15) is 22.0 Å². The van der Waals surface area contributed by atoms with E-state index in [0.29, 0.717) is 33.3 Å². The van der Waals surface area contributed by atoms with Crippen LogP contribution in [-0.2, 0) is 5.75 Å². The smallest absolute Gasteiger partial charge is 0.307 e. The maximum absolute atomic E-state index is 12.8. The second kappa shape index (κ2) is 9.87. The highest BCUT2D eigenvalue weighted by Gasteiger charge is 2.28. The fourth-order valence-corrected chi connectivity index (χ4v) is 4.25. The number of rotatable bonds is 9. The average Bonchev–Trinajstić information content (AvgIpc) is 3.38. The predicted molar refractivity (Wildman–Crippen MR) is 116 cm³/mol. The van der Waals surface area contributed by atoms with E-state index in [4.69, 9.17) is 15.1 Å². The molecule has 0 fully saturated rings. The summed E-state index contributed by atoms with van der Waals surface area (Å²) in [6.07, 6.45) is 1.68. The zero-order valence-electron chi connectivity index (χ0n) is 17.5. The first-order valence-electron chi connectivity index (χ1n) is 9.47. The number of carbonyl (C=O) groups is 1. The minimum atomic E-state index is -0.833. The lowest BCUT2D eigenvalue weighted by Gasteiger charge is -2.03. The van der Waals surface area contributed by atoms with Gasteiger partial charge in [-0.1, -0.05) is 23.5 Å². The van der Waals surface area contributed by atoms with Crippen LogP contribution in [0.2, 0.25) is 0 Å². The van der Waals surface area contributed by atoms with Gasteiger partial charge >= 0.3 is 5.69 Å². The first-order valence-corrected chi connectivity index (χ1v) is 11.4. The number of Topliss-reactive ketones (excluding diaryl/α,β-unsaturated/α-hetero) is 1. The number of carbonyl (C=O) groups excluding carboxylic acids is 1. The highest BCUT2D eigenvalue weighted by molar-refractivity contribution is 7.99. The number of aromatic nitrogens is 7. The van der Waals surface area contributed by atoms with Crippen LogP contribution in [0.15, 0.2) is 51.4 Å². The molecule has 0 radical (unpaired) electrons. The summed E-state index contributed by atoms with van der Waals surface area (Å²) in [5, 5.41) is 24.8. The number of methoxy groups -OCH3 is 1. The SMILES string of the molecule is COc1ccc(-[n+]2noc([O-])c2C(=O)CSc2nnc(CSc3nccc(C)n3)n2N)cc1. The molecule has 4 aromatic rings. The number of aryl methyl sites for hydroxylation is 1. The van der Waals surface area contributed by atoms with Gasteiger partial charge in [0.25, 0.3) is 0 Å². The van der Waals surface area contributed by atoms with Gasteiger partial charge in [-0.2, -0.15) is 0 Å². The van der Waals surface area contributed by atoms with Crippen LogP contribution >= 0.6 is 23.5 Å². The Morgan fingerprint density at radius 1 is 1.24 bits per heavy atom. The van der Waals surface area contributed by atoms with Crippen LogP contribution in [-0.4, -0.2) is 48.8 Å². The molecule has 0 saturated carbocycles. The van der Waals surface area contributed by atoms with Gasteiger partial charge in [0.15, 0.2) is 16.9 Å². The summed E-state index contributed by atoms with van der Waals surface area (Å²) >= 11 is 2.42. The summed E-state index contributed by atoms with van der Waals surface area (Å²) in [4.78, 5) is 21.3. The van der Waals surface area contributed by atoms with Gasteiger partial charge in [0, 0.05) is 24.0 Å². The lowest BCUT2D eigenvalue weighted by molar-refractivity contribution is -0.672. The van der Waals surface area contributed by atoms with E-state index in [0.717, 1.165) is 22.1 Å². The number of benzene rings is 1. The van der Waals surface area contributed by atoms with Crippen molar-refractivity contribution in [1.29, 1.82) is 0 Å². The molecule has 0 saturated heterocycles. The molecular weight excluding hydrogens is 468 g/mol. The molecule has 2 N–H and O–H groups in total. The van der Waals surface area contributed by atoms with E-state index in [2.05, 4.69) is 25.4 Å². The van der Waals surface area contributed by atoms with E-state index in [-0.39, 0.29) is 11.4 Å². The van der Waals surface area contributed by atoms with Gasteiger partial charge in [-0.05, 0) is 29.8 Å². The molecule has 0 atom stereocenters. The third-order valence-corrected chi connectivity index (χ3v) is 6.16. The van der Waals surface area contributed by atoms with Gasteiger partial charge in [0.05, 0.1) is 23.9 Å². The molecule has 0 spiro atoms. The molecule has 12 nitrogen and oxygen atoms in total. The molecule has 1 aromatic carbocycles. The summed E-state index contributed by atoms with van der Waals surface area (Å²) in [6.45, 7) is 1.88. The number of nitrogens with two attached hydrogens (primary N) is 1. The summed E-state index contributed by atoms with van der Waals surface area (Å²) in [6, 6.07) is 8.49. The molecule has 3 aromatic heterocycles. The van der Waals surface area contributed by atoms with Crippen LogP contribution in [0.4, 0.5) is 0 Å². The molecular formula is C19H18N8O4S2. The molecule has 3 heterocycles. The van der Waals surface area contributed by atoms with Crippen molar-refractivity contribution in [1.82, 2.24) is 30.1 Å². The van der Waals surface area contributed by atoms with E-state index >= 15 is 0 Å². The maximum Gasteiger partial charge on any atom is 0.307 e. The standard InChI is InChI=1S/C19H18N8O4S2/c1-11-7-8-21-18(22-11)32-10-15-23-24-19(26(15)20)33-9-14(28)16-17(29)31-25-27(16)12-3-5-13(30-2)6-4-12/h3-8H,9-10,20H2,1-2H3. The van der Waals surface area contributed by atoms with Gasteiger partial charge in [-0.15, -0.1) is 10.2 Å². The maximum atomic E-state index is 12.8. The summed E-state index contributed by atoms with van der Waals surface area (Å²) in [5.74, 6) is 6.15. The van der Waals surface area contributed by atoms with E-state index in [1.807, 2.05) is 13.0 Å². The van der Waals surface area contributed by atoms with Gasteiger partial charge in [-0.25, -0.2) is 14.6 Å². The lowest BCUT2D eigenvalue weighted by Crippen LogP contribution is -2.39. The number of hydrogen-bond acceptors (Lipinski definition) is 12. The fraction of sp³-hybridized carbons (Fsp3) is 0.211. The fourth-order valence-electron chi connectivity index (χ4n) is 2.71. The Hall–Kier alpha value is -3.65. The number of thioether (sulfide) groups is 2. The Labute approximate surface area is 196 Å². The van der Waals surface area contributed by atoms with Gasteiger partial charge in [-0.3, -0.25) is 4.79 Å². The van der Waals surface area contributed by atoms with Crippen LogP contribution < -0.4 is 20.4 Å². The Bertz CT molecular complexity index is 1280. The van der Waals surface area contributed by atoms with Crippen molar-refractivity contribution < 1.29 is 23.8 Å². The van der Waals surface area contributed by atoms with E-state index in [9.17, 15) is 9.90 Å². The van der Waals surface area contributed by atoms with Crippen molar-refractivity contribution >= 4 is 29.3 Å². The highest BCUT2D eigenvalue weighted by Crippen LogP contribution is 2.22. The molecule has 0 aliphatic carbocycles. The molecule has 0 bridgehead atoms. The van der Waals surface area contributed by atoms with Gasteiger partial charge in [0.2, 0.25) is 16.6 Å². The average molecular weight is 487 g/mol. The minimum absolute atomic E-state index is 0.115. The van der Waals surface area contributed by atoms with Crippen molar-refractivity contribution in [3.63, 3.8) is 0 Å². The number of nitrogens with zero attached hydrogens (tertiary/aromatic N) is 7. The monoisotopic (exact) mass is 486 g/mol. The van der Waals surface area contributed by atoms with Crippen molar-refractivity contribution in [3.05, 3.63) is 53.7 Å². The quantitative estimate of drug-likeness (QED) is 0.116. The third kappa shape index (κ3) is 5.06. The molecule has 0 amide bonds. The van der Waals surface area contributed by atoms with Crippen molar-refractivity contribution in [2.24, 2.45) is 0 Å². The van der Waals surface area contributed by atoms with Crippen LogP contribution in [0, 0.1) is 6.92 Å². The first-order chi connectivity index (χ1) is 16.0. The molecule has 14 heteroatoms. The van der Waals surface area contributed by atoms with Crippen LogP contribution in [0.3, 0.4) is 0 Å². The molecule has 4 rings (SSSR count). The summed E-state index contributed by atoms with van der Waals surface area (Å²) in [7, 11) is 1.54. The lowest BCUT2D eigenvalue weighted by atomic mass is 10.2. The molecule has 0 aliphatic rings. The molecule has 33 heavy (non-hydrogen) atoms. The Morgan fingerprint density at radius 2 is 2.03 bits per heavy atom. The Kier molecular flexibility index (Phi) is 6.74. The Morgan fingerprint density at radius 3 is 2.76 bits per heavy atom. The largest absolute Gasteiger partial charge is 0.539 e. The number of ether oxygens (including phenoxy) is 1. The second-order valence-corrected chi connectivity index (χ2v) is 8.45.